The largest absolute Gasteiger partial charge is 0.469 e. The Bertz CT molecular complexity index is 654. The van der Waals surface area contributed by atoms with Crippen LogP contribution in [0, 0.1) is 11.8 Å². The number of carbonyl (C=O) groups is 3. The number of carbonyl (C=O) groups excluding carboxylic acids is 3. The standard InChI is InChI=1S/C19H26N2O5/c1-19(2,3)26-18(24)20-16(22)14-11-21(12-15(14)17(23)25-4)10-13-8-6-5-7-9-13/h5-9,14-15H,10-12H2,1-4H3,(H,20,22,24)/t14-,15-/m0/s1. The minimum atomic E-state index is -0.812. The number of likely N-dealkylation sites (tertiary alicyclic amines) is 1. The molecule has 0 saturated carbocycles. The van der Waals surface area contributed by atoms with Crippen LogP contribution in [-0.4, -0.2) is 48.7 Å². The molecule has 0 bridgehead atoms. The van der Waals surface area contributed by atoms with Gasteiger partial charge in [0.15, 0.2) is 0 Å². The minimum absolute atomic E-state index is 0.364. The molecule has 1 N–H and O–H groups in total. The third kappa shape index (κ3) is 5.56. The van der Waals surface area contributed by atoms with Crippen molar-refractivity contribution >= 4 is 18.0 Å². The normalized spacial score (nSPS) is 20.5. The van der Waals surface area contributed by atoms with Gasteiger partial charge in [0, 0.05) is 19.6 Å². The molecule has 7 nitrogen and oxygen atoms in total. The second-order valence-corrected chi connectivity index (χ2v) is 7.41. The van der Waals surface area contributed by atoms with Crippen molar-refractivity contribution in [3.05, 3.63) is 35.9 Å². The lowest BCUT2D eigenvalue weighted by Gasteiger charge is -2.21. The van der Waals surface area contributed by atoms with Crippen LogP contribution in [0.25, 0.3) is 0 Å². The number of methoxy groups -OCH3 is 1. The van der Waals surface area contributed by atoms with Crippen molar-refractivity contribution in [1.29, 1.82) is 0 Å². The number of rotatable bonds is 4. The van der Waals surface area contributed by atoms with Crippen molar-refractivity contribution in [3.63, 3.8) is 0 Å². The zero-order valence-corrected chi connectivity index (χ0v) is 15.7. The van der Waals surface area contributed by atoms with E-state index in [4.69, 9.17) is 9.47 Å². The van der Waals surface area contributed by atoms with Crippen LogP contribution in [0.15, 0.2) is 30.3 Å². The smallest absolute Gasteiger partial charge is 0.414 e. The summed E-state index contributed by atoms with van der Waals surface area (Å²) in [6, 6.07) is 9.79. The van der Waals surface area contributed by atoms with Gasteiger partial charge in [0.1, 0.15) is 5.60 Å². The van der Waals surface area contributed by atoms with Crippen LogP contribution in [0.5, 0.6) is 0 Å². The molecular formula is C19H26N2O5. The average Bonchev–Trinajstić information content (AvgIpc) is 2.97. The van der Waals surface area contributed by atoms with Crippen LogP contribution >= 0.6 is 0 Å². The first kappa shape index (κ1) is 19.9. The lowest BCUT2D eigenvalue weighted by molar-refractivity contribution is -0.148. The fourth-order valence-corrected chi connectivity index (χ4v) is 3.01. The van der Waals surface area contributed by atoms with Gasteiger partial charge >= 0.3 is 12.1 Å². The minimum Gasteiger partial charge on any atom is -0.469 e. The molecule has 2 rings (SSSR count). The summed E-state index contributed by atoms with van der Waals surface area (Å²) in [5.74, 6) is -2.26. The first-order valence-electron chi connectivity index (χ1n) is 8.57. The van der Waals surface area contributed by atoms with Crippen molar-refractivity contribution in [2.75, 3.05) is 20.2 Å². The van der Waals surface area contributed by atoms with Gasteiger partial charge in [-0.2, -0.15) is 0 Å². The van der Waals surface area contributed by atoms with Crippen LogP contribution in [0.1, 0.15) is 26.3 Å². The maximum Gasteiger partial charge on any atom is 0.414 e. The summed E-state index contributed by atoms with van der Waals surface area (Å²) >= 11 is 0. The van der Waals surface area contributed by atoms with E-state index in [0.29, 0.717) is 19.6 Å². The van der Waals surface area contributed by atoms with Gasteiger partial charge in [-0.15, -0.1) is 0 Å². The molecule has 1 aromatic rings. The molecule has 1 saturated heterocycles. The molecule has 0 unspecified atom stereocenters. The van der Waals surface area contributed by atoms with Gasteiger partial charge in [-0.3, -0.25) is 19.8 Å². The van der Waals surface area contributed by atoms with E-state index in [0.717, 1.165) is 5.56 Å². The Kier molecular flexibility index (Phi) is 6.37. The number of hydrogen-bond donors (Lipinski definition) is 1. The van der Waals surface area contributed by atoms with Gasteiger partial charge in [-0.05, 0) is 26.3 Å². The summed E-state index contributed by atoms with van der Waals surface area (Å²) < 4.78 is 9.95. The Morgan fingerprint density at radius 1 is 1.12 bits per heavy atom. The molecule has 0 aromatic heterocycles. The summed E-state index contributed by atoms with van der Waals surface area (Å²) in [7, 11) is 1.30. The third-order valence-corrected chi connectivity index (χ3v) is 4.11. The molecule has 0 aliphatic carbocycles. The number of nitrogens with zero attached hydrogens (tertiary/aromatic N) is 1. The lowest BCUT2D eigenvalue weighted by Crippen LogP contribution is -2.43. The van der Waals surface area contributed by atoms with Crippen LogP contribution in [0.3, 0.4) is 0 Å². The van der Waals surface area contributed by atoms with Gasteiger partial charge in [0.25, 0.3) is 0 Å². The molecule has 7 heteroatoms. The number of esters is 1. The highest BCUT2D eigenvalue weighted by Gasteiger charge is 2.43. The fraction of sp³-hybridized carbons (Fsp3) is 0.526. The van der Waals surface area contributed by atoms with Crippen molar-refractivity contribution in [1.82, 2.24) is 10.2 Å². The van der Waals surface area contributed by atoms with E-state index >= 15 is 0 Å². The monoisotopic (exact) mass is 362 g/mol. The maximum atomic E-state index is 12.5. The molecule has 26 heavy (non-hydrogen) atoms. The average molecular weight is 362 g/mol. The first-order valence-corrected chi connectivity index (χ1v) is 8.57. The molecule has 142 valence electrons. The molecule has 1 aliphatic heterocycles. The van der Waals surface area contributed by atoms with Crippen LogP contribution in [0.2, 0.25) is 0 Å². The first-order chi connectivity index (χ1) is 12.2. The Morgan fingerprint density at radius 3 is 2.31 bits per heavy atom. The van der Waals surface area contributed by atoms with Gasteiger partial charge in [-0.25, -0.2) is 4.79 Å². The Morgan fingerprint density at radius 2 is 1.73 bits per heavy atom. The predicted octanol–water partition coefficient (Wildman–Crippen LogP) is 1.96. The molecule has 0 radical (unpaired) electrons. The molecule has 1 aromatic carbocycles. The van der Waals surface area contributed by atoms with Crippen molar-refractivity contribution < 1.29 is 23.9 Å². The number of ether oxygens (including phenoxy) is 2. The van der Waals surface area contributed by atoms with Crippen LogP contribution < -0.4 is 5.32 Å². The van der Waals surface area contributed by atoms with Crippen molar-refractivity contribution in [2.24, 2.45) is 11.8 Å². The Labute approximate surface area is 153 Å². The van der Waals surface area contributed by atoms with E-state index in [-0.39, 0.29) is 0 Å². The molecule has 0 spiro atoms. The van der Waals surface area contributed by atoms with E-state index in [2.05, 4.69) is 5.32 Å². The van der Waals surface area contributed by atoms with E-state index in [1.807, 2.05) is 35.2 Å². The molecule has 1 heterocycles. The molecular weight excluding hydrogens is 336 g/mol. The van der Waals surface area contributed by atoms with Crippen LogP contribution in [-0.2, 0) is 25.6 Å². The van der Waals surface area contributed by atoms with Crippen LogP contribution in [0.4, 0.5) is 4.79 Å². The number of hydrogen-bond acceptors (Lipinski definition) is 6. The highest BCUT2D eigenvalue weighted by Crippen LogP contribution is 2.26. The SMILES string of the molecule is COC(=O)[C@H]1CN(Cc2ccccc2)C[C@@H]1C(=O)NC(=O)OC(C)(C)C. The van der Waals surface area contributed by atoms with E-state index < -0.39 is 35.4 Å². The number of benzene rings is 1. The summed E-state index contributed by atoms with van der Waals surface area (Å²) in [5, 5.41) is 2.24. The highest BCUT2D eigenvalue weighted by atomic mass is 16.6. The maximum absolute atomic E-state index is 12.5. The third-order valence-electron chi connectivity index (χ3n) is 4.11. The van der Waals surface area contributed by atoms with Crippen molar-refractivity contribution in [2.45, 2.75) is 32.9 Å². The number of amides is 2. The zero-order valence-electron chi connectivity index (χ0n) is 15.7. The lowest BCUT2D eigenvalue weighted by atomic mass is 9.95. The van der Waals surface area contributed by atoms with E-state index in [9.17, 15) is 14.4 Å². The highest BCUT2D eigenvalue weighted by molar-refractivity contribution is 5.95. The zero-order chi connectivity index (χ0) is 19.3. The summed E-state index contributed by atoms with van der Waals surface area (Å²) in [4.78, 5) is 38.5. The van der Waals surface area contributed by atoms with E-state index in [1.54, 1.807) is 20.8 Å². The van der Waals surface area contributed by atoms with Gasteiger partial charge < -0.3 is 9.47 Å². The van der Waals surface area contributed by atoms with Gasteiger partial charge in [0.05, 0.1) is 18.9 Å². The quantitative estimate of drug-likeness (QED) is 0.824. The molecule has 1 fully saturated rings. The molecule has 2 atom stereocenters. The van der Waals surface area contributed by atoms with Gasteiger partial charge in [0.2, 0.25) is 5.91 Å². The second-order valence-electron chi connectivity index (χ2n) is 7.41. The Balaban J connectivity index is 2.05. The topological polar surface area (TPSA) is 84.9 Å². The number of alkyl carbamates (subject to hydrolysis) is 1. The molecule has 2 amide bonds. The Hall–Kier alpha value is -2.41. The van der Waals surface area contributed by atoms with Crippen molar-refractivity contribution in [3.8, 4) is 0 Å². The summed E-state index contributed by atoms with van der Waals surface area (Å²) in [6.07, 6.45) is -0.812. The molecule has 1 aliphatic rings. The van der Waals surface area contributed by atoms with E-state index in [1.165, 1.54) is 7.11 Å². The number of nitrogens with one attached hydrogen (secondary N) is 1. The second kappa shape index (κ2) is 8.31. The number of imide groups is 1. The summed E-state index contributed by atoms with van der Waals surface area (Å²) in [5.41, 5.74) is 0.380. The summed E-state index contributed by atoms with van der Waals surface area (Å²) in [6.45, 7) is 6.52. The predicted molar refractivity (Wildman–Crippen MR) is 95.1 cm³/mol. The fourth-order valence-electron chi connectivity index (χ4n) is 3.01. The van der Waals surface area contributed by atoms with Gasteiger partial charge in [-0.1, -0.05) is 30.3 Å².